The van der Waals surface area contributed by atoms with Gasteiger partial charge in [0.25, 0.3) is 0 Å². The molecular weight excluding hydrogens is 300 g/mol. The number of ketones is 1. The summed E-state index contributed by atoms with van der Waals surface area (Å²) in [6.45, 7) is 0. The van der Waals surface area contributed by atoms with Crippen LogP contribution in [0.3, 0.4) is 0 Å². The summed E-state index contributed by atoms with van der Waals surface area (Å²) in [5, 5.41) is 0.748. The van der Waals surface area contributed by atoms with E-state index in [9.17, 15) is 4.79 Å². The summed E-state index contributed by atoms with van der Waals surface area (Å²) in [5.74, 6) is 1.60. The van der Waals surface area contributed by atoms with Crippen molar-refractivity contribution in [2.45, 2.75) is 25.0 Å². The van der Waals surface area contributed by atoms with Crippen molar-refractivity contribution < 1.29 is 4.79 Å². The molecule has 0 saturated heterocycles. The standard InChI is InChI=1S/C18H17ClOS/c19-17-8-4-13(5-9-17)11-21-12-18(20)16-7-6-14-2-1-3-15(14)10-16/h4-10H,1-3,11-12H2. The molecule has 0 amide bonds. The van der Waals surface area contributed by atoms with E-state index in [1.807, 2.05) is 30.3 Å². The van der Waals surface area contributed by atoms with Gasteiger partial charge in [-0.15, -0.1) is 11.8 Å². The molecule has 0 spiro atoms. The van der Waals surface area contributed by atoms with E-state index in [-0.39, 0.29) is 5.78 Å². The van der Waals surface area contributed by atoms with Crippen molar-refractivity contribution in [2.75, 3.05) is 5.75 Å². The Morgan fingerprint density at radius 1 is 1.05 bits per heavy atom. The highest BCUT2D eigenvalue weighted by atomic mass is 35.5. The van der Waals surface area contributed by atoms with Crippen molar-refractivity contribution in [1.82, 2.24) is 0 Å². The molecule has 108 valence electrons. The highest BCUT2D eigenvalue weighted by Crippen LogP contribution is 2.24. The normalized spacial score (nSPS) is 13.2. The van der Waals surface area contributed by atoms with E-state index in [4.69, 9.17) is 11.6 Å². The maximum absolute atomic E-state index is 12.2. The first-order valence-electron chi connectivity index (χ1n) is 7.19. The lowest BCUT2D eigenvalue weighted by Crippen LogP contribution is -2.03. The number of carbonyl (C=O) groups excluding carboxylic acids is 1. The van der Waals surface area contributed by atoms with E-state index in [0.717, 1.165) is 29.2 Å². The first-order valence-corrected chi connectivity index (χ1v) is 8.73. The average molecular weight is 317 g/mol. The zero-order valence-corrected chi connectivity index (χ0v) is 13.3. The number of Topliss-reactive ketones (excluding diaryl/α,β-unsaturated/α-hetero) is 1. The van der Waals surface area contributed by atoms with Crippen LogP contribution in [0.25, 0.3) is 0 Å². The molecule has 1 aliphatic rings. The Labute approximate surface area is 134 Å². The average Bonchev–Trinajstić information content (AvgIpc) is 2.96. The van der Waals surface area contributed by atoms with E-state index in [1.165, 1.54) is 23.1 Å². The van der Waals surface area contributed by atoms with Gasteiger partial charge in [0.05, 0.1) is 5.75 Å². The molecule has 0 atom stereocenters. The third-order valence-electron chi connectivity index (χ3n) is 3.84. The fourth-order valence-electron chi connectivity index (χ4n) is 2.67. The van der Waals surface area contributed by atoms with Crippen LogP contribution in [0.15, 0.2) is 42.5 Å². The van der Waals surface area contributed by atoms with Crippen molar-refractivity contribution >= 4 is 29.1 Å². The molecule has 3 rings (SSSR count). The van der Waals surface area contributed by atoms with Gasteiger partial charge < -0.3 is 0 Å². The first-order chi connectivity index (χ1) is 10.2. The number of thioether (sulfide) groups is 1. The van der Waals surface area contributed by atoms with Crippen LogP contribution in [0.2, 0.25) is 5.02 Å². The molecule has 0 aromatic heterocycles. The predicted molar refractivity (Wildman–Crippen MR) is 90.4 cm³/mol. The van der Waals surface area contributed by atoms with Crippen LogP contribution < -0.4 is 0 Å². The molecule has 1 aliphatic carbocycles. The Hall–Kier alpha value is -1.25. The third kappa shape index (κ3) is 3.69. The fourth-order valence-corrected chi connectivity index (χ4v) is 3.68. The van der Waals surface area contributed by atoms with Gasteiger partial charge in [0, 0.05) is 16.3 Å². The first kappa shape index (κ1) is 14.7. The van der Waals surface area contributed by atoms with E-state index < -0.39 is 0 Å². The van der Waals surface area contributed by atoms with Crippen LogP contribution in [-0.4, -0.2) is 11.5 Å². The molecule has 0 bridgehead atoms. The molecule has 0 N–H and O–H groups in total. The van der Waals surface area contributed by atoms with Crippen LogP contribution in [0.1, 0.15) is 33.5 Å². The van der Waals surface area contributed by atoms with E-state index >= 15 is 0 Å². The molecular formula is C18H17ClOS. The summed E-state index contributed by atoms with van der Waals surface area (Å²) in [7, 11) is 0. The minimum atomic E-state index is 0.226. The summed E-state index contributed by atoms with van der Waals surface area (Å²) in [6, 6.07) is 14.0. The Morgan fingerprint density at radius 3 is 2.62 bits per heavy atom. The van der Waals surface area contributed by atoms with Crippen molar-refractivity contribution in [3.05, 3.63) is 69.7 Å². The van der Waals surface area contributed by atoms with Crippen LogP contribution in [0.4, 0.5) is 0 Å². The maximum atomic E-state index is 12.2. The van der Waals surface area contributed by atoms with Crippen molar-refractivity contribution in [3.8, 4) is 0 Å². The van der Waals surface area contributed by atoms with Crippen LogP contribution >= 0.6 is 23.4 Å². The SMILES string of the molecule is O=C(CSCc1ccc(Cl)cc1)c1ccc2c(c1)CCC2. The second-order valence-corrected chi connectivity index (χ2v) is 6.80. The zero-order chi connectivity index (χ0) is 14.7. The molecule has 2 aromatic rings. The van der Waals surface area contributed by atoms with E-state index in [1.54, 1.807) is 11.8 Å². The monoisotopic (exact) mass is 316 g/mol. The molecule has 0 radical (unpaired) electrons. The second-order valence-electron chi connectivity index (χ2n) is 5.38. The van der Waals surface area contributed by atoms with Crippen LogP contribution in [0, 0.1) is 0 Å². The fraction of sp³-hybridized carbons (Fsp3) is 0.278. The number of hydrogen-bond donors (Lipinski definition) is 0. The highest BCUT2D eigenvalue weighted by molar-refractivity contribution is 7.99. The maximum Gasteiger partial charge on any atom is 0.172 e. The molecule has 0 aliphatic heterocycles. The minimum Gasteiger partial charge on any atom is -0.293 e. The number of aryl methyl sites for hydroxylation is 2. The lowest BCUT2D eigenvalue weighted by molar-refractivity contribution is 0.102. The molecule has 0 heterocycles. The summed E-state index contributed by atoms with van der Waals surface area (Å²) >= 11 is 7.52. The van der Waals surface area contributed by atoms with Crippen LogP contribution in [-0.2, 0) is 18.6 Å². The summed E-state index contributed by atoms with van der Waals surface area (Å²) < 4.78 is 0. The van der Waals surface area contributed by atoms with Gasteiger partial charge in [-0.1, -0.05) is 35.9 Å². The highest BCUT2D eigenvalue weighted by Gasteiger charge is 2.13. The van der Waals surface area contributed by atoms with Gasteiger partial charge in [-0.05, 0) is 54.2 Å². The lowest BCUT2D eigenvalue weighted by atomic mass is 10.0. The van der Waals surface area contributed by atoms with Crippen molar-refractivity contribution in [3.63, 3.8) is 0 Å². The van der Waals surface area contributed by atoms with Crippen LogP contribution in [0.5, 0.6) is 0 Å². The van der Waals surface area contributed by atoms with Gasteiger partial charge in [0.1, 0.15) is 0 Å². The molecule has 0 fully saturated rings. The van der Waals surface area contributed by atoms with Crippen molar-refractivity contribution in [1.29, 1.82) is 0 Å². The number of halogens is 1. The molecule has 0 saturated carbocycles. The summed E-state index contributed by atoms with van der Waals surface area (Å²) in [4.78, 5) is 12.2. The number of rotatable bonds is 5. The Balaban J connectivity index is 1.55. The second kappa shape index (κ2) is 6.67. The molecule has 0 unspecified atom stereocenters. The Kier molecular flexibility index (Phi) is 4.67. The number of hydrogen-bond acceptors (Lipinski definition) is 2. The van der Waals surface area contributed by atoms with Gasteiger partial charge in [-0.3, -0.25) is 4.79 Å². The van der Waals surface area contributed by atoms with Gasteiger partial charge >= 0.3 is 0 Å². The van der Waals surface area contributed by atoms with E-state index in [0.29, 0.717) is 5.75 Å². The summed E-state index contributed by atoms with van der Waals surface area (Å²) in [5.41, 5.74) is 4.84. The van der Waals surface area contributed by atoms with E-state index in [2.05, 4.69) is 12.1 Å². The van der Waals surface area contributed by atoms with Gasteiger partial charge in [0.15, 0.2) is 5.78 Å². The van der Waals surface area contributed by atoms with Crippen molar-refractivity contribution in [2.24, 2.45) is 0 Å². The zero-order valence-electron chi connectivity index (χ0n) is 11.8. The number of benzene rings is 2. The van der Waals surface area contributed by atoms with Gasteiger partial charge in [0.2, 0.25) is 0 Å². The molecule has 2 aromatic carbocycles. The topological polar surface area (TPSA) is 17.1 Å². The molecule has 21 heavy (non-hydrogen) atoms. The smallest absolute Gasteiger partial charge is 0.172 e. The number of fused-ring (bicyclic) bond motifs is 1. The van der Waals surface area contributed by atoms with Gasteiger partial charge in [-0.2, -0.15) is 0 Å². The minimum absolute atomic E-state index is 0.226. The quantitative estimate of drug-likeness (QED) is 0.726. The van der Waals surface area contributed by atoms with Gasteiger partial charge in [-0.25, -0.2) is 0 Å². The molecule has 3 heteroatoms. The lowest BCUT2D eigenvalue weighted by Gasteiger charge is -2.05. The third-order valence-corrected chi connectivity index (χ3v) is 5.09. The molecule has 1 nitrogen and oxygen atoms in total. The predicted octanol–water partition coefficient (Wildman–Crippen LogP) is 4.94. The number of carbonyl (C=O) groups is 1. The Bertz CT molecular complexity index is 649. The Morgan fingerprint density at radius 2 is 1.81 bits per heavy atom. The largest absolute Gasteiger partial charge is 0.293 e. The summed E-state index contributed by atoms with van der Waals surface area (Å²) in [6.07, 6.45) is 3.50.